The Labute approximate surface area is 130 Å². The second kappa shape index (κ2) is 6.72. The molecule has 2 heteroatoms. The Balaban J connectivity index is 1.68. The van der Waals surface area contributed by atoms with Crippen molar-refractivity contribution >= 4 is 6.08 Å². The van der Waals surface area contributed by atoms with Crippen molar-refractivity contribution in [2.24, 2.45) is 0 Å². The van der Waals surface area contributed by atoms with Gasteiger partial charge in [0.25, 0.3) is 0 Å². The van der Waals surface area contributed by atoms with E-state index in [4.69, 9.17) is 4.74 Å². The average Bonchev–Trinajstić information content (AvgIpc) is 2.61. The molecule has 0 aliphatic rings. The smallest absolute Gasteiger partial charge is 0.119 e. The maximum absolute atomic E-state index is 5.79. The number of pyridine rings is 1. The van der Waals surface area contributed by atoms with Gasteiger partial charge in [0.05, 0.1) is 5.69 Å². The molecule has 0 spiro atoms. The van der Waals surface area contributed by atoms with Crippen LogP contribution in [0.2, 0.25) is 0 Å². The van der Waals surface area contributed by atoms with E-state index in [0.717, 1.165) is 28.1 Å². The maximum Gasteiger partial charge on any atom is 0.119 e. The number of nitrogens with zero attached hydrogens (tertiary/aromatic N) is 1. The fourth-order valence-electron chi connectivity index (χ4n) is 2.16. The third kappa shape index (κ3) is 3.41. The molecule has 22 heavy (non-hydrogen) atoms. The Hall–Kier alpha value is -2.87. The summed E-state index contributed by atoms with van der Waals surface area (Å²) in [6, 6.07) is 22.1. The summed E-state index contributed by atoms with van der Waals surface area (Å²) in [6.07, 6.45) is 3.61. The second-order valence-electron chi connectivity index (χ2n) is 4.98. The Bertz CT molecular complexity index is 731. The van der Waals surface area contributed by atoms with Gasteiger partial charge in [-0.1, -0.05) is 49.1 Å². The van der Waals surface area contributed by atoms with Crippen molar-refractivity contribution in [3.05, 3.63) is 90.6 Å². The predicted molar refractivity (Wildman–Crippen MR) is 90.5 cm³/mol. The van der Waals surface area contributed by atoms with E-state index in [1.165, 1.54) is 0 Å². The van der Waals surface area contributed by atoms with Gasteiger partial charge in [0.2, 0.25) is 0 Å². The SMILES string of the molecule is C=Cc1ccc(-c2ccc(OCc3ccccc3)cc2)nc1. The Morgan fingerprint density at radius 2 is 1.68 bits per heavy atom. The van der Waals surface area contributed by atoms with Crippen LogP contribution in [0.1, 0.15) is 11.1 Å². The van der Waals surface area contributed by atoms with Crippen molar-refractivity contribution < 1.29 is 4.74 Å². The number of aromatic nitrogens is 1. The van der Waals surface area contributed by atoms with Gasteiger partial charge in [-0.25, -0.2) is 0 Å². The molecule has 0 N–H and O–H groups in total. The van der Waals surface area contributed by atoms with Crippen LogP contribution in [-0.2, 0) is 6.61 Å². The average molecular weight is 287 g/mol. The van der Waals surface area contributed by atoms with E-state index in [9.17, 15) is 0 Å². The molecular formula is C20H17NO. The van der Waals surface area contributed by atoms with Gasteiger partial charge in [-0.3, -0.25) is 4.98 Å². The molecule has 3 aromatic rings. The van der Waals surface area contributed by atoms with Crippen molar-refractivity contribution in [3.63, 3.8) is 0 Å². The molecule has 0 saturated carbocycles. The van der Waals surface area contributed by atoms with E-state index >= 15 is 0 Å². The van der Waals surface area contributed by atoms with E-state index < -0.39 is 0 Å². The van der Waals surface area contributed by atoms with Crippen molar-refractivity contribution in [2.75, 3.05) is 0 Å². The molecule has 0 amide bonds. The number of hydrogen-bond donors (Lipinski definition) is 0. The topological polar surface area (TPSA) is 22.1 Å². The van der Waals surface area contributed by atoms with Gasteiger partial charge in [-0.15, -0.1) is 0 Å². The van der Waals surface area contributed by atoms with Crippen LogP contribution < -0.4 is 4.74 Å². The van der Waals surface area contributed by atoms with Gasteiger partial charge in [0.15, 0.2) is 0 Å². The monoisotopic (exact) mass is 287 g/mol. The highest BCUT2D eigenvalue weighted by Crippen LogP contribution is 2.21. The molecule has 0 atom stereocenters. The molecule has 2 aromatic carbocycles. The zero-order valence-electron chi connectivity index (χ0n) is 12.3. The fourth-order valence-corrected chi connectivity index (χ4v) is 2.16. The molecule has 1 heterocycles. The number of hydrogen-bond acceptors (Lipinski definition) is 2. The molecule has 0 radical (unpaired) electrons. The largest absolute Gasteiger partial charge is 0.489 e. The summed E-state index contributed by atoms with van der Waals surface area (Å²) in [5.74, 6) is 0.857. The summed E-state index contributed by atoms with van der Waals surface area (Å²) in [7, 11) is 0. The molecule has 3 rings (SSSR count). The molecule has 0 aliphatic heterocycles. The molecular weight excluding hydrogens is 270 g/mol. The van der Waals surface area contributed by atoms with Crippen molar-refractivity contribution in [1.82, 2.24) is 4.98 Å². The van der Waals surface area contributed by atoms with Gasteiger partial charge in [-0.05, 0) is 41.5 Å². The summed E-state index contributed by atoms with van der Waals surface area (Å²) in [5.41, 5.74) is 4.20. The van der Waals surface area contributed by atoms with E-state index in [0.29, 0.717) is 6.61 Å². The lowest BCUT2D eigenvalue weighted by molar-refractivity contribution is 0.306. The first kappa shape index (κ1) is 14.1. The predicted octanol–water partition coefficient (Wildman–Crippen LogP) is 4.97. The van der Waals surface area contributed by atoms with Crippen molar-refractivity contribution in [1.29, 1.82) is 0 Å². The third-order valence-corrected chi connectivity index (χ3v) is 3.42. The molecule has 2 nitrogen and oxygen atoms in total. The zero-order valence-corrected chi connectivity index (χ0v) is 12.3. The number of ether oxygens (including phenoxy) is 1. The Morgan fingerprint density at radius 3 is 2.32 bits per heavy atom. The zero-order chi connectivity index (χ0) is 15.2. The number of benzene rings is 2. The lowest BCUT2D eigenvalue weighted by Gasteiger charge is -2.07. The highest BCUT2D eigenvalue weighted by molar-refractivity contribution is 5.61. The summed E-state index contributed by atoms with van der Waals surface area (Å²) in [5, 5.41) is 0. The van der Waals surface area contributed by atoms with Gasteiger partial charge < -0.3 is 4.74 Å². The second-order valence-corrected chi connectivity index (χ2v) is 4.98. The lowest BCUT2D eigenvalue weighted by atomic mass is 10.1. The highest BCUT2D eigenvalue weighted by atomic mass is 16.5. The van der Waals surface area contributed by atoms with E-state index in [-0.39, 0.29) is 0 Å². The van der Waals surface area contributed by atoms with Crippen LogP contribution in [0.4, 0.5) is 0 Å². The summed E-state index contributed by atoms with van der Waals surface area (Å²) < 4.78 is 5.79. The van der Waals surface area contributed by atoms with Gasteiger partial charge in [0.1, 0.15) is 12.4 Å². The molecule has 0 aliphatic carbocycles. The standard InChI is InChI=1S/C20H17NO/c1-2-16-8-13-20(21-14-16)18-9-11-19(12-10-18)22-15-17-6-4-3-5-7-17/h2-14H,1,15H2. The first-order chi connectivity index (χ1) is 10.8. The van der Waals surface area contributed by atoms with Crippen molar-refractivity contribution in [2.45, 2.75) is 6.61 Å². The van der Waals surface area contributed by atoms with Crippen molar-refractivity contribution in [3.8, 4) is 17.0 Å². The minimum absolute atomic E-state index is 0.576. The van der Waals surface area contributed by atoms with Crippen LogP contribution in [0.3, 0.4) is 0 Å². The van der Waals surface area contributed by atoms with E-state index in [1.807, 2.05) is 60.8 Å². The summed E-state index contributed by atoms with van der Waals surface area (Å²) >= 11 is 0. The minimum Gasteiger partial charge on any atom is -0.489 e. The van der Waals surface area contributed by atoms with Crippen LogP contribution >= 0.6 is 0 Å². The molecule has 1 aromatic heterocycles. The Kier molecular flexibility index (Phi) is 4.30. The van der Waals surface area contributed by atoms with E-state index in [2.05, 4.69) is 23.7 Å². The third-order valence-electron chi connectivity index (χ3n) is 3.42. The quantitative estimate of drug-likeness (QED) is 0.661. The van der Waals surface area contributed by atoms with E-state index in [1.54, 1.807) is 6.08 Å². The van der Waals surface area contributed by atoms with Crippen LogP contribution in [-0.4, -0.2) is 4.98 Å². The van der Waals surface area contributed by atoms with Crippen LogP contribution in [0.25, 0.3) is 17.3 Å². The molecule has 108 valence electrons. The molecule has 0 fully saturated rings. The van der Waals surface area contributed by atoms with Gasteiger partial charge >= 0.3 is 0 Å². The summed E-state index contributed by atoms with van der Waals surface area (Å²) in [4.78, 5) is 4.43. The highest BCUT2D eigenvalue weighted by Gasteiger charge is 2.00. The number of rotatable bonds is 5. The molecule has 0 bridgehead atoms. The minimum atomic E-state index is 0.576. The fraction of sp³-hybridized carbons (Fsp3) is 0.0500. The van der Waals surface area contributed by atoms with Gasteiger partial charge in [0, 0.05) is 11.8 Å². The lowest BCUT2D eigenvalue weighted by Crippen LogP contribution is -1.94. The normalized spacial score (nSPS) is 10.2. The summed E-state index contributed by atoms with van der Waals surface area (Å²) in [6.45, 7) is 4.31. The van der Waals surface area contributed by atoms with Crippen LogP contribution in [0.15, 0.2) is 79.5 Å². The van der Waals surface area contributed by atoms with Crippen LogP contribution in [0, 0.1) is 0 Å². The van der Waals surface area contributed by atoms with Gasteiger partial charge in [-0.2, -0.15) is 0 Å². The maximum atomic E-state index is 5.79. The van der Waals surface area contributed by atoms with Crippen LogP contribution in [0.5, 0.6) is 5.75 Å². The Morgan fingerprint density at radius 1 is 0.909 bits per heavy atom. The molecule has 0 saturated heterocycles. The first-order valence-electron chi connectivity index (χ1n) is 7.21. The first-order valence-corrected chi connectivity index (χ1v) is 7.21. The molecule has 0 unspecified atom stereocenters.